The lowest BCUT2D eigenvalue weighted by atomic mass is 10.1. The van der Waals surface area contributed by atoms with E-state index in [1.54, 1.807) is 31.5 Å². The molecule has 1 aliphatic carbocycles. The van der Waals surface area contributed by atoms with Crippen molar-refractivity contribution >= 4 is 11.6 Å². The monoisotopic (exact) mass is 375 g/mol. The van der Waals surface area contributed by atoms with Crippen molar-refractivity contribution in [1.82, 2.24) is 24.9 Å². The number of pyridine rings is 1. The maximum absolute atomic E-state index is 13.2. The Balaban J connectivity index is 1.71. The fourth-order valence-electron chi connectivity index (χ4n) is 3.05. The second-order valence-electron chi connectivity index (χ2n) is 6.65. The van der Waals surface area contributed by atoms with Crippen LogP contribution in [0.25, 0.3) is 16.9 Å². The van der Waals surface area contributed by atoms with Crippen LogP contribution in [0.1, 0.15) is 28.9 Å². The summed E-state index contributed by atoms with van der Waals surface area (Å²) in [5, 5.41) is 6.22. The highest BCUT2D eigenvalue weighted by Crippen LogP contribution is 2.40. The summed E-state index contributed by atoms with van der Waals surface area (Å²) >= 11 is 0. The summed E-state index contributed by atoms with van der Waals surface area (Å²) in [5.41, 5.74) is 2.23. The van der Waals surface area contributed by atoms with E-state index in [2.05, 4.69) is 20.4 Å². The quantitative estimate of drug-likeness (QED) is 0.760. The molecule has 0 aliphatic heterocycles. The maximum Gasteiger partial charge on any atom is 0.408 e. The van der Waals surface area contributed by atoms with Crippen LogP contribution >= 0.6 is 0 Å². The number of hydrogen-bond acceptors (Lipinski definition) is 4. The number of aryl methyl sites for hydroxylation is 1. The van der Waals surface area contributed by atoms with Gasteiger partial charge >= 0.3 is 6.18 Å². The van der Waals surface area contributed by atoms with E-state index in [1.807, 2.05) is 6.07 Å². The molecule has 1 amide bonds. The SMILES string of the molecule is Cc1cc(-c2cccnc2)nc2c(C(=O)N[C@H](C3CC3)C(F)(F)F)cnn12. The number of hydrogen-bond donors (Lipinski definition) is 1. The molecular weight excluding hydrogens is 359 g/mol. The minimum atomic E-state index is -4.48. The molecule has 0 saturated heterocycles. The molecule has 1 aliphatic rings. The van der Waals surface area contributed by atoms with Crippen molar-refractivity contribution in [3.05, 3.63) is 48.0 Å². The molecular formula is C18H16F3N5O. The first-order valence-electron chi connectivity index (χ1n) is 8.48. The van der Waals surface area contributed by atoms with E-state index in [1.165, 1.54) is 10.7 Å². The summed E-state index contributed by atoms with van der Waals surface area (Å²) in [6, 6.07) is 3.50. The van der Waals surface area contributed by atoms with Gasteiger partial charge in [-0.2, -0.15) is 18.3 Å². The fourth-order valence-corrected chi connectivity index (χ4v) is 3.05. The van der Waals surface area contributed by atoms with E-state index in [4.69, 9.17) is 0 Å². The number of fused-ring (bicyclic) bond motifs is 1. The topological polar surface area (TPSA) is 72.2 Å². The summed E-state index contributed by atoms with van der Waals surface area (Å²) in [7, 11) is 0. The molecule has 9 heteroatoms. The van der Waals surface area contributed by atoms with Gasteiger partial charge in [0, 0.05) is 23.7 Å². The fraction of sp³-hybridized carbons (Fsp3) is 0.333. The highest BCUT2D eigenvalue weighted by atomic mass is 19.4. The highest BCUT2D eigenvalue weighted by Gasteiger charge is 2.49. The van der Waals surface area contributed by atoms with Crippen molar-refractivity contribution in [3.8, 4) is 11.3 Å². The first-order valence-corrected chi connectivity index (χ1v) is 8.48. The summed E-state index contributed by atoms with van der Waals surface area (Å²) in [6.45, 7) is 1.78. The normalized spacial score (nSPS) is 15.7. The van der Waals surface area contributed by atoms with Gasteiger partial charge in [-0.15, -0.1) is 0 Å². The zero-order valence-corrected chi connectivity index (χ0v) is 14.4. The van der Waals surface area contributed by atoms with Gasteiger partial charge in [-0.05, 0) is 43.9 Å². The number of amides is 1. The van der Waals surface area contributed by atoms with Crippen molar-refractivity contribution in [2.75, 3.05) is 0 Å². The molecule has 27 heavy (non-hydrogen) atoms. The molecule has 1 atom stereocenters. The molecule has 4 rings (SSSR count). The number of rotatable bonds is 4. The average molecular weight is 375 g/mol. The highest BCUT2D eigenvalue weighted by molar-refractivity contribution is 6.00. The number of halogens is 3. The summed E-state index contributed by atoms with van der Waals surface area (Å²) in [4.78, 5) is 21.0. The third-order valence-corrected chi connectivity index (χ3v) is 4.58. The third kappa shape index (κ3) is 3.36. The summed E-state index contributed by atoms with van der Waals surface area (Å²) in [6.07, 6.45) is 0.939. The van der Waals surface area contributed by atoms with Gasteiger partial charge in [0.15, 0.2) is 5.65 Å². The van der Waals surface area contributed by atoms with Crippen LogP contribution in [0.15, 0.2) is 36.8 Å². The van der Waals surface area contributed by atoms with Gasteiger partial charge in [0.2, 0.25) is 0 Å². The van der Waals surface area contributed by atoms with E-state index in [-0.39, 0.29) is 11.2 Å². The molecule has 3 aromatic heterocycles. The van der Waals surface area contributed by atoms with Crippen LogP contribution in [-0.2, 0) is 0 Å². The van der Waals surface area contributed by atoms with Crippen LogP contribution in [0.4, 0.5) is 13.2 Å². The lowest BCUT2D eigenvalue weighted by Crippen LogP contribution is -2.46. The van der Waals surface area contributed by atoms with Crippen molar-refractivity contribution in [1.29, 1.82) is 0 Å². The Kier molecular flexibility index (Phi) is 4.09. The van der Waals surface area contributed by atoms with E-state index >= 15 is 0 Å². The van der Waals surface area contributed by atoms with E-state index in [0.29, 0.717) is 24.2 Å². The Labute approximate surface area is 152 Å². The van der Waals surface area contributed by atoms with Gasteiger partial charge in [-0.3, -0.25) is 9.78 Å². The van der Waals surface area contributed by atoms with E-state index in [0.717, 1.165) is 5.56 Å². The number of nitrogens with zero attached hydrogens (tertiary/aromatic N) is 4. The molecule has 0 radical (unpaired) electrons. The number of carbonyl (C=O) groups is 1. The zero-order chi connectivity index (χ0) is 19.2. The van der Waals surface area contributed by atoms with Crippen LogP contribution < -0.4 is 5.32 Å². The standard InChI is InChI=1S/C18H16F3N5O/c1-10-7-14(12-3-2-6-22-8-12)24-16-13(9-23-26(10)16)17(27)25-15(11-4-5-11)18(19,20)21/h2-3,6-9,11,15H,4-5H2,1H3,(H,25,27)/t15-/m1/s1. The lowest BCUT2D eigenvalue weighted by Gasteiger charge is -2.20. The molecule has 3 aromatic rings. The van der Waals surface area contributed by atoms with Crippen molar-refractivity contribution in [2.45, 2.75) is 32.0 Å². The van der Waals surface area contributed by atoms with E-state index < -0.39 is 24.0 Å². The maximum atomic E-state index is 13.2. The Bertz CT molecular complexity index is 995. The molecule has 140 valence electrons. The zero-order valence-electron chi connectivity index (χ0n) is 14.4. The molecule has 0 aromatic carbocycles. The van der Waals surface area contributed by atoms with Crippen molar-refractivity contribution < 1.29 is 18.0 Å². The van der Waals surface area contributed by atoms with Crippen LogP contribution in [-0.4, -0.2) is 37.7 Å². The van der Waals surface area contributed by atoms with Gasteiger partial charge in [0.25, 0.3) is 5.91 Å². The number of aromatic nitrogens is 4. The smallest absolute Gasteiger partial charge is 0.340 e. The Morgan fingerprint density at radius 1 is 1.33 bits per heavy atom. The third-order valence-electron chi connectivity index (χ3n) is 4.58. The van der Waals surface area contributed by atoms with Crippen molar-refractivity contribution in [3.63, 3.8) is 0 Å². The number of nitrogens with one attached hydrogen (secondary N) is 1. The Morgan fingerprint density at radius 2 is 2.11 bits per heavy atom. The van der Waals surface area contributed by atoms with E-state index in [9.17, 15) is 18.0 Å². The molecule has 1 fully saturated rings. The number of carbonyl (C=O) groups excluding carboxylic acids is 1. The first-order chi connectivity index (χ1) is 12.8. The second-order valence-corrected chi connectivity index (χ2v) is 6.65. The van der Waals surface area contributed by atoms with Crippen LogP contribution in [0.5, 0.6) is 0 Å². The van der Waals surface area contributed by atoms with Gasteiger partial charge in [0.05, 0.1) is 11.9 Å². The molecule has 6 nitrogen and oxygen atoms in total. The predicted octanol–water partition coefficient (Wildman–Crippen LogP) is 3.17. The predicted molar refractivity (Wildman–Crippen MR) is 91.0 cm³/mol. The summed E-state index contributed by atoms with van der Waals surface area (Å²) in [5.74, 6) is -1.38. The van der Waals surface area contributed by atoms with Gasteiger partial charge in [-0.1, -0.05) is 0 Å². The van der Waals surface area contributed by atoms with Crippen LogP contribution in [0, 0.1) is 12.8 Å². The minimum Gasteiger partial charge on any atom is -0.340 e. The Hall–Kier alpha value is -2.97. The first kappa shape index (κ1) is 17.4. The second kappa shape index (κ2) is 6.33. The van der Waals surface area contributed by atoms with Crippen LogP contribution in [0.2, 0.25) is 0 Å². The summed E-state index contributed by atoms with van der Waals surface area (Å²) < 4.78 is 41.1. The average Bonchev–Trinajstić information content (AvgIpc) is 3.37. The van der Waals surface area contributed by atoms with Gasteiger partial charge in [0.1, 0.15) is 11.6 Å². The van der Waals surface area contributed by atoms with Crippen LogP contribution in [0.3, 0.4) is 0 Å². The molecule has 0 spiro atoms. The molecule has 3 heterocycles. The lowest BCUT2D eigenvalue weighted by molar-refractivity contribution is -0.158. The molecule has 0 unspecified atom stereocenters. The van der Waals surface area contributed by atoms with Gasteiger partial charge in [-0.25, -0.2) is 9.50 Å². The minimum absolute atomic E-state index is 0.0127. The molecule has 1 N–H and O–H groups in total. The molecule has 1 saturated carbocycles. The number of alkyl halides is 3. The van der Waals surface area contributed by atoms with Gasteiger partial charge < -0.3 is 5.32 Å². The largest absolute Gasteiger partial charge is 0.408 e. The Morgan fingerprint density at radius 3 is 2.74 bits per heavy atom. The molecule has 0 bridgehead atoms. The van der Waals surface area contributed by atoms with Crippen molar-refractivity contribution in [2.24, 2.45) is 5.92 Å².